The van der Waals surface area contributed by atoms with Crippen molar-refractivity contribution >= 4 is 39.9 Å². The van der Waals surface area contributed by atoms with Gasteiger partial charge in [0.2, 0.25) is 5.82 Å². The van der Waals surface area contributed by atoms with Gasteiger partial charge in [-0.3, -0.25) is 9.59 Å². The van der Waals surface area contributed by atoms with Gasteiger partial charge < -0.3 is 15.2 Å². The largest absolute Gasteiger partial charge is 0.337 e. The lowest BCUT2D eigenvalue weighted by Gasteiger charge is -2.20. The van der Waals surface area contributed by atoms with E-state index in [1.165, 1.54) is 11.3 Å². The predicted octanol–water partition coefficient (Wildman–Crippen LogP) is 3.43. The summed E-state index contributed by atoms with van der Waals surface area (Å²) in [5.74, 6) is 6.70. The molecule has 4 aromatic rings. The second kappa shape index (κ2) is 10.4. The highest BCUT2D eigenvalue weighted by molar-refractivity contribution is 7.99. The maximum atomic E-state index is 13.2. The Balaban J connectivity index is 1.28. The number of carbonyl (C=O) groups is 2. The van der Waals surface area contributed by atoms with Crippen molar-refractivity contribution in [1.29, 1.82) is 0 Å². The standard InChI is InChI=1S/C26H22N6O2S2/c1-16-20(12-11-18-10-6-7-13-27-18)36-26-22(16)35-15-19(25(34)32(26)2)28-24(33)23-29-21(30-31-23)14-17-8-4-3-5-9-17/h3-10,13,19H,14-15H2,1-2H3,(H,28,33)(H,29,30,31)/t19-/m0/s1. The maximum absolute atomic E-state index is 13.2. The quantitative estimate of drug-likeness (QED) is 0.405. The van der Waals surface area contributed by atoms with Crippen LogP contribution in [0.5, 0.6) is 0 Å². The van der Waals surface area contributed by atoms with Crippen LogP contribution in [-0.2, 0) is 11.2 Å². The van der Waals surface area contributed by atoms with E-state index < -0.39 is 11.9 Å². The fourth-order valence-corrected chi connectivity index (χ4v) is 6.25. The summed E-state index contributed by atoms with van der Waals surface area (Å²) in [6, 6.07) is 14.7. The van der Waals surface area contributed by atoms with Crippen molar-refractivity contribution in [2.24, 2.45) is 0 Å². The zero-order valence-electron chi connectivity index (χ0n) is 19.6. The van der Waals surface area contributed by atoms with Crippen LogP contribution in [0.1, 0.15) is 38.1 Å². The first-order valence-corrected chi connectivity index (χ1v) is 13.0. The molecule has 3 aromatic heterocycles. The molecule has 0 spiro atoms. The van der Waals surface area contributed by atoms with Crippen molar-refractivity contribution in [3.05, 3.63) is 88.1 Å². The van der Waals surface area contributed by atoms with Gasteiger partial charge in [0, 0.05) is 30.3 Å². The second-order valence-electron chi connectivity index (χ2n) is 8.17. The summed E-state index contributed by atoms with van der Waals surface area (Å²) >= 11 is 3.01. The SMILES string of the molecule is Cc1c(C#Cc2ccccn2)sc2c1SC[C@H](NC(=O)c1nnc(Cc3ccccc3)[nH]1)C(=O)N2C. The Kier molecular flexibility index (Phi) is 6.84. The number of likely N-dealkylation sites (N-methyl/N-ethyl adjacent to an activating group) is 1. The van der Waals surface area contributed by atoms with E-state index in [1.54, 1.807) is 29.9 Å². The summed E-state index contributed by atoms with van der Waals surface area (Å²) in [6.07, 6.45) is 2.24. The summed E-state index contributed by atoms with van der Waals surface area (Å²) in [6.45, 7) is 2.00. The molecule has 0 unspecified atom stereocenters. The molecule has 0 aliphatic carbocycles. The minimum atomic E-state index is -0.697. The topological polar surface area (TPSA) is 104 Å². The van der Waals surface area contributed by atoms with Crippen LogP contribution in [0.15, 0.2) is 59.6 Å². The smallest absolute Gasteiger partial charge is 0.289 e. The van der Waals surface area contributed by atoms with Gasteiger partial charge in [-0.05, 0) is 42.0 Å². The minimum absolute atomic E-state index is 0.0867. The van der Waals surface area contributed by atoms with Crippen molar-refractivity contribution in [2.45, 2.75) is 24.3 Å². The van der Waals surface area contributed by atoms with Crippen LogP contribution in [0.4, 0.5) is 5.00 Å². The number of amides is 2. The van der Waals surface area contributed by atoms with Gasteiger partial charge in [0.25, 0.3) is 11.8 Å². The van der Waals surface area contributed by atoms with Gasteiger partial charge in [0.15, 0.2) is 0 Å². The molecule has 1 aliphatic heterocycles. The molecule has 0 bridgehead atoms. The summed E-state index contributed by atoms with van der Waals surface area (Å²) in [5, 5.41) is 11.7. The highest BCUT2D eigenvalue weighted by Crippen LogP contribution is 2.43. The Bertz CT molecular complexity index is 1470. The molecule has 0 fully saturated rings. The van der Waals surface area contributed by atoms with Crippen molar-refractivity contribution < 1.29 is 9.59 Å². The summed E-state index contributed by atoms with van der Waals surface area (Å²) in [5.41, 5.74) is 2.78. The molecular formula is C26H22N6O2S2. The number of aromatic amines is 1. The molecule has 0 saturated carbocycles. The highest BCUT2D eigenvalue weighted by atomic mass is 32.2. The van der Waals surface area contributed by atoms with Crippen molar-refractivity contribution in [2.75, 3.05) is 17.7 Å². The highest BCUT2D eigenvalue weighted by Gasteiger charge is 2.33. The number of benzene rings is 1. The van der Waals surface area contributed by atoms with E-state index in [0.717, 1.165) is 25.9 Å². The number of fused-ring (bicyclic) bond motifs is 1. The van der Waals surface area contributed by atoms with Crippen LogP contribution < -0.4 is 10.2 Å². The number of aromatic nitrogens is 4. The molecule has 8 nitrogen and oxygen atoms in total. The lowest BCUT2D eigenvalue weighted by molar-refractivity contribution is -0.119. The fraction of sp³-hybridized carbons (Fsp3) is 0.192. The predicted molar refractivity (Wildman–Crippen MR) is 140 cm³/mol. The monoisotopic (exact) mass is 514 g/mol. The van der Waals surface area contributed by atoms with Crippen molar-refractivity contribution in [1.82, 2.24) is 25.5 Å². The zero-order chi connectivity index (χ0) is 25.1. The first-order valence-electron chi connectivity index (χ1n) is 11.2. The third kappa shape index (κ3) is 5.03. The number of thioether (sulfide) groups is 1. The van der Waals surface area contributed by atoms with E-state index in [0.29, 0.717) is 23.7 Å². The molecule has 10 heteroatoms. The van der Waals surface area contributed by atoms with E-state index >= 15 is 0 Å². The lowest BCUT2D eigenvalue weighted by Crippen LogP contribution is -2.48. The van der Waals surface area contributed by atoms with Gasteiger partial charge in [-0.15, -0.1) is 33.3 Å². The average molecular weight is 515 g/mol. The summed E-state index contributed by atoms with van der Waals surface area (Å²) in [7, 11) is 1.73. The number of hydrogen-bond acceptors (Lipinski definition) is 7. The van der Waals surface area contributed by atoms with Gasteiger partial charge in [-0.2, -0.15) is 0 Å². The molecule has 2 amide bonds. The van der Waals surface area contributed by atoms with Gasteiger partial charge >= 0.3 is 0 Å². The number of pyridine rings is 1. The fourth-order valence-electron chi connectivity index (χ4n) is 3.72. The van der Waals surface area contributed by atoms with E-state index in [1.807, 2.05) is 55.5 Å². The molecule has 0 radical (unpaired) electrons. The normalized spacial score (nSPS) is 15.0. The van der Waals surface area contributed by atoms with Crippen LogP contribution in [0.2, 0.25) is 0 Å². The number of thiophene rings is 1. The van der Waals surface area contributed by atoms with Crippen LogP contribution in [0.3, 0.4) is 0 Å². The Morgan fingerprint density at radius 3 is 2.75 bits per heavy atom. The first kappa shape index (κ1) is 23.8. The van der Waals surface area contributed by atoms with Gasteiger partial charge in [0.1, 0.15) is 22.6 Å². The summed E-state index contributed by atoms with van der Waals surface area (Å²) in [4.78, 5) is 36.8. The average Bonchev–Trinajstić information content (AvgIpc) is 3.47. The minimum Gasteiger partial charge on any atom is -0.337 e. The molecule has 36 heavy (non-hydrogen) atoms. The third-order valence-electron chi connectivity index (χ3n) is 5.64. The molecule has 180 valence electrons. The van der Waals surface area contributed by atoms with E-state index in [2.05, 4.69) is 37.3 Å². The third-order valence-corrected chi connectivity index (χ3v) is 8.34. The van der Waals surface area contributed by atoms with Crippen LogP contribution in [0, 0.1) is 18.8 Å². The van der Waals surface area contributed by atoms with Crippen LogP contribution in [-0.4, -0.2) is 50.8 Å². The molecule has 4 heterocycles. The van der Waals surface area contributed by atoms with E-state index in [9.17, 15) is 9.59 Å². The Morgan fingerprint density at radius 1 is 1.17 bits per heavy atom. The Morgan fingerprint density at radius 2 is 1.97 bits per heavy atom. The van der Waals surface area contributed by atoms with E-state index in [4.69, 9.17) is 0 Å². The summed E-state index contributed by atoms with van der Waals surface area (Å²) < 4.78 is 0. The Labute approximate surface area is 216 Å². The number of anilines is 1. The number of hydrogen-bond donors (Lipinski definition) is 2. The van der Waals surface area contributed by atoms with Gasteiger partial charge in [-0.1, -0.05) is 36.4 Å². The number of H-pyrrole nitrogens is 1. The molecule has 2 N–H and O–H groups in total. The molecule has 0 saturated heterocycles. The van der Waals surface area contributed by atoms with Gasteiger partial charge in [-0.25, -0.2) is 4.98 Å². The zero-order valence-corrected chi connectivity index (χ0v) is 21.2. The molecule has 1 atom stereocenters. The lowest BCUT2D eigenvalue weighted by atomic mass is 10.1. The van der Waals surface area contributed by atoms with E-state index in [-0.39, 0.29) is 11.7 Å². The van der Waals surface area contributed by atoms with Crippen LogP contribution >= 0.6 is 23.1 Å². The number of nitrogens with zero attached hydrogens (tertiary/aromatic N) is 4. The molecular weight excluding hydrogens is 492 g/mol. The second-order valence-corrected chi connectivity index (χ2v) is 10.2. The van der Waals surface area contributed by atoms with Crippen LogP contribution in [0.25, 0.3) is 0 Å². The molecule has 1 aromatic carbocycles. The maximum Gasteiger partial charge on any atom is 0.289 e. The first-order chi connectivity index (χ1) is 17.5. The van der Waals surface area contributed by atoms with Crippen molar-refractivity contribution in [3.63, 3.8) is 0 Å². The Hall–Kier alpha value is -3.94. The number of nitrogens with one attached hydrogen (secondary N) is 2. The van der Waals surface area contributed by atoms with Gasteiger partial charge in [0.05, 0.1) is 4.88 Å². The van der Waals surface area contributed by atoms with Crippen molar-refractivity contribution in [3.8, 4) is 11.8 Å². The number of carbonyl (C=O) groups excluding carboxylic acids is 2. The molecule has 5 rings (SSSR count). The molecule has 1 aliphatic rings. The number of rotatable bonds is 4.